The normalized spacial score (nSPS) is 19.8. The Morgan fingerprint density at radius 3 is 2.27 bits per heavy atom. The van der Waals surface area contributed by atoms with Gasteiger partial charge in [0.25, 0.3) is 0 Å². The van der Waals surface area contributed by atoms with E-state index in [-0.39, 0.29) is 65.1 Å². The molecule has 4 aliphatic rings. The van der Waals surface area contributed by atoms with Crippen LogP contribution >= 0.6 is 34.8 Å². The lowest BCUT2D eigenvalue weighted by Gasteiger charge is -2.43. The Morgan fingerprint density at radius 1 is 0.878 bits per heavy atom. The number of rotatable bonds is 14. The molecule has 4 aliphatic heterocycles. The minimum atomic E-state index is -4.64. The third-order valence-electron chi connectivity index (χ3n) is 14.6. The number of anilines is 6. The maximum absolute atomic E-state index is 15.2. The molecule has 0 bridgehead atoms. The van der Waals surface area contributed by atoms with Gasteiger partial charge in [0.15, 0.2) is 0 Å². The molecular formula is C52H59BrF5N10O4PS. The predicted octanol–water partition coefficient (Wildman–Crippen LogP) is 10.2. The fourth-order valence-corrected chi connectivity index (χ4v) is 13.2. The number of alkyl halides is 3. The standard InChI is InChI=1S/C52H59BrF5N10O4PS/c1-5-32-24-42(62-51-59-29-37(53)49(64-51)61-41-10-9-40-35(7-6-30(2)60-40)48(41)73(3,4)72)44(74-52(56,57)58)28-43(32)68-19-15-33(27-46(68)70)67-22-20-65(21-23-67)16-12-31-13-17-66(18-14-31)34-25-38(54)47(39(55)26-34)36-8-11-45(69)63-50(36)71/h6-7,9-10,24-26,28-29,31,33,36H,5,8,11-23,27H2,1-4H3,(H,63,69,71)(H2,59,61,62,64). The second-order valence-electron chi connectivity index (χ2n) is 20.0. The van der Waals surface area contributed by atoms with Crippen molar-refractivity contribution in [3.05, 3.63) is 87.7 Å². The number of hydrogen-bond acceptors (Lipinski definition) is 13. The summed E-state index contributed by atoms with van der Waals surface area (Å²) in [6, 6.07) is 13.0. The minimum absolute atomic E-state index is 0.0125. The van der Waals surface area contributed by atoms with Crippen molar-refractivity contribution in [1.82, 2.24) is 30.1 Å². The lowest BCUT2D eigenvalue weighted by molar-refractivity contribution is -0.134. The molecule has 3 N–H and O–H groups in total. The van der Waals surface area contributed by atoms with E-state index in [0.717, 1.165) is 63.1 Å². The number of fused-ring (bicyclic) bond motifs is 1. The number of hydrogen-bond donors (Lipinski definition) is 3. The van der Waals surface area contributed by atoms with Crippen LogP contribution < -0.4 is 31.1 Å². The highest BCUT2D eigenvalue weighted by Gasteiger charge is 2.37. The topological polar surface area (TPSA) is 156 Å². The quantitative estimate of drug-likeness (QED) is 0.0418. The van der Waals surface area contributed by atoms with E-state index in [4.69, 9.17) is 0 Å². The highest BCUT2D eigenvalue weighted by Crippen LogP contribution is 2.46. The van der Waals surface area contributed by atoms with Gasteiger partial charge in [-0.05, 0) is 147 Å². The van der Waals surface area contributed by atoms with E-state index in [1.54, 1.807) is 30.4 Å². The molecule has 2 aromatic heterocycles. The van der Waals surface area contributed by atoms with E-state index in [9.17, 15) is 32.1 Å². The number of thioether (sulfide) groups is 1. The van der Waals surface area contributed by atoms with E-state index in [2.05, 4.69) is 56.6 Å². The zero-order valence-corrected chi connectivity index (χ0v) is 44.9. The smallest absolute Gasteiger partial charge is 0.371 e. The maximum Gasteiger partial charge on any atom is 0.446 e. The fraction of sp³-hybridized carbons (Fsp3) is 0.462. The van der Waals surface area contributed by atoms with Crippen LogP contribution in [0.3, 0.4) is 0 Å². The van der Waals surface area contributed by atoms with Gasteiger partial charge in [-0.25, -0.2) is 13.8 Å². The number of nitrogens with zero attached hydrogens (tertiary/aromatic N) is 7. The second kappa shape index (κ2) is 22.2. The lowest BCUT2D eigenvalue weighted by atomic mass is 9.89. The first-order valence-electron chi connectivity index (χ1n) is 25.0. The van der Waals surface area contributed by atoms with Gasteiger partial charge in [0, 0.05) is 109 Å². The Balaban J connectivity index is 0.796. The summed E-state index contributed by atoms with van der Waals surface area (Å²) in [4.78, 5) is 59.8. The summed E-state index contributed by atoms with van der Waals surface area (Å²) in [5.41, 5.74) is -1.15. The SMILES string of the molecule is CCc1cc(Nc2ncc(Br)c(Nc3ccc4nc(C)ccc4c3P(C)(C)=O)n2)c(SC(F)(F)F)cc1N1CCC(N2CCN(CCC3CCN(c4cc(F)c(C5CCC(=O)NC5=O)c(F)c4)CC3)CC2)CC1=O. The van der Waals surface area contributed by atoms with E-state index < -0.39 is 42.0 Å². The molecule has 0 radical (unpaired) electrons. The molecule has 6 heterocycles. The van der Waals surface area contributed by atoms with E-state index in [1.165, 1.54) is 24.4 Å². The van der Waals surface area contributed by atoms with Crippen LogP contribution in [-0.2, 0) is 25.4 Å². The molecule has 0 saturated carbocycles. The van der Waals surface area contributed by atoms with Gasteiger partial charge in [0.1, 0.15) is 24.6 Å². The van der Waals surface area contributed by atoms with Crippen molar-refractivity contribution in [3.8, 4) is 0 Å². The molecular weight excluding hydrogens is 1070 g/mol. The third-order valence-corrected chi connectivity index (χ3v) is 17.6. The molecule has 4 fully saturated rings. The lowest BCUT2D eigenvalue weighted by Crippen LogP contribution is -2.54. The number of aryl methyl sites for hydroxylation is 2. The number of amides is 3. The van der Waals surface area contributed by atoms with Crippen molar-refractivity contribution in [2.45, 2.75) is 87.6 Å². The van der Waals surface area contributed by atoms with Gasteiger partial charge in [-0.15, -0.1) is 0 Å². The monoisotopic (exact) mass is 1120 g/mol. The molecule has 0 aliphatic carbocycles. The number of carbonyl (C=O) groups is 3. The number of benzene rings is 3. The van der Waals surface area contributed by atoms with Crippen molar-refractivity contribution in [2.75, 3.05) is 86.1 Å². The Bertz CT molecular complexity index is 3000. The van der Waals surface area contributed by atoms with E-state index >= 15 is 8.78 Å². The maximum atomic E-state index is 15.2. The fourth-order valence-electron chi connectivity index (χ4n) is 10.8. The molecule has 3 amide bonds. The van der Waals surface area contributed by atoms with Crippen molar-refractivity contribution >= 4 is 103 Å². The number of aromatic nitrogens is 3. The summed E-state index contributed by atoms with van der Waals surface area (Å²) in [5, 5.41) is 9.80. The van der Waals surface area contributed by atoms with Gasteiger partial charge in [-0.3, -0.25) is 29.6 Å². The molecule has 2 atom stereocenters. The number of piperidine rings is 3. The van der Waals surface area contributed by atoms with Crippen LogP contribution in [0.5, 0.6) is 0 Å². The average Bonchev–Trinajstić information content (AvgIpc) is 3.35. The highest BCUT2D eigenvalue weighted by molar-refractivity contribution is 9.10. The van der Waals surface area contributed by atoms with Gasteiger partial charge in [0.05, 0.1) is 27.3 Å². The molecule has 394 valence electrons. The van der Waals surface area contributed by atoms with Crippen LogP contribution in [0.2, 0.25) is 0 Å². The van der Waals surface area contributed by atoms with Crippen LogP contribution in [0.25, 0.3) is 10.9 Å². The van der Waals surface area contributed by atoms with E-state index in [0.29, 0.717) is 82.1 Å². The van der Waals surface area contributed by atoms with Gasteiger partial charge >= 0.3 is 5.51 Å². The number of imide groups is 1. The summed E-state index contributed by atoms with van der Waals surface area (Å²) in [7, 11) is -2.87. The van der Waals surface area contributed by atoms with Crippen LogP contribution in [-0.4, -0.2) is 120 Å². The molecule has 22 heteroatoms. The number of pyridine rings is 1. The third kappa shape index (κ3) is 12.2. The molecule has 3 aromatic carbocycles. The van der Waals surface area contributed by atoms with Gasteiger partial charge < -0.3 is 29.9 Å². The Morgan fingerprint density at radius 2 is 1.61 bits per heavy atom. The Labute approximate surface area is 439 Å². The largest absolute Gasteiger partial charge is 0.446 e. The summed E-state index contributed by atoms with van der Waals surface area (Å²) in [5.74, 6) is -3.07. The van der Waals surface area contributed by atoms with Crippen molar-refractivity contribution in [3.63, 3.8) is 0 Å². The van der Waals surface area contributed by atoms with Crippen LogP contribution in [0.4, 0.5) is 56.5 Å². The molecule has 5 aromatic rings. The highest BCUT2D eigenvalue weighted by atomic mass is 79.9. The zero-order chi connectivity index (χ0) is 52.6. The summed E-state index contributed by atoms with van der Waals surface area (Å²) in [6.07, 6.45) is 5.70. The minimum Gasteiger partial charge on any atom is -0.371 e. The second-order valence-corrected chi connectivity index (χ2v) is 25.1. The Kier molecular flexibility index (Phi) is 16.1. The van der Waals surface area contributed by atoms with E-state index in [1.807, 2.05) is 36.9 Å². The van der Waals surface area contributed by atoms with Gasteiger partial charge in [0.2, 0.25) is 23.7 Å². The van der Waals surface area contributed by atoms with Crippen molar-refractivity contribution in [1.29, 1.82) is 0 Å². The average molecular weight is 1130 g/mol. The summed E-state index contributed by atoms with van der Waals surface area (Å²) < 4.78 is 87.4. The van der Waals surface area contributed by atoms with Crippen molar-refractivity contribution in [2.24, 2.45) is 5.92 Å². The molecule has 0 spiro atoms. The molecule has 2 unspecified atom stereocenters. The molecule has 74 heavy (non-hydrogen) atoms. The predicted molar refractivity (Wildman–Crippen MR) is 284 cm³/mol. The Hall–Kier alpha value is -5.21. The first kappa shape index (κ1) is 53.6. The molecule has 4 saturated heterocycles. The first-order valence-corrected chi connectivity index (χ1v) is 29.2. The van der Waals surface area contributed by atoms with Crippen molar-refractivity contribution < 1.29 is 40.9 Å². The first-order chi connectivity index (χ1) is 35.2. The zero-order valence-electron chi connectivity index (χ0n) is 41.6. The summed E-state index contributed by atoms with van der Waals surface area (Å²) in [6.45, 7) is 13.0. The summed E-state index contributed by atoms with van der Waals surface area (Å²) >= 11 is 3.22. The van der Waals surface area contributed by atoms with Crippen LogP contribution in [0.15, 0.2) is 64.1 Å². The molecule has 14 nitrogen and oxygen atoms in total. The number of carbonyl (C=O) groups excluding carboxylic acids is 3. The number of piperazine rings is 1. The van der Waals surface area contributed by atoms with Crippen LogP contribution in [0.1, 0.15) is 74.6 Å². The number of nitrogens with one attached hydrogen (secondary N) is 3. The van der Waals surface area contributed by atoms with Gasteiger partial charge in [-0.2, -0.15) is 18.2 Å². The van der Waals surface area contributed by atoms with Crippen LogP contribution in [0, 0.1) is 24.5 Å². The molecule has 9 rings (SSSR count). The number of halogens is 6. The van der Waals surface area contributed by atoms with Gasteiger partial charge in [-0.1, -0.05) is 13.0 Å².